The second kappa shape index (κ2) is 10.9. The van der Waals surface area contributed by atoms with Gasteiger partial charge in [-0.1, -0.05) is 12.0 Å². The van der Waals surface area contributed by atoms with Crippen molar-refractivity contribution in [3.05, 3.63) is 41.5 Å². The van der Waals surface area contributed by atoms with Gasteiger partial charge >= 0.3 is 6.01 Å². The standard InChI is InChI=1S/C35H34F3N5O4/c1-3-22-24(37)8-7-19-13-21(44)14-23(26(19)22)29-28(38)30-27-31(43-12-5-4-9-34(2,45)25(43)17-46-32(27)39-29)41-33(40-30)47-18-35-10-6-11-42(35)16-20(36)15-35/h1,7-8,13-14,20,25,44-45H,4-6,9-12,15-18H2,2H3/t20-,25-,34-,35+/m1/s1. The number of hydrogen-bond donors (Lipinski definition) is 2. The Bertz CT molecular complexity index is 1980. The molecule has 4 aliphatic heterocycles. The molecule has 0 bridgehead atoms. The summed E-state index contributed by atoms with van der Waals surface area (Å²) in [5.41, 5.74) is -2.12. The van der Waals surface area contributed by atoms with Gasteiger partial charge in [-0.05, 0) is 69.2 Å². The summed E-state index contributed by atoms with van der Waals surface area (Å²) in [7, 11) is 0. The van der Waals surface area contributed by atoms with Gasteiger partial charge in [0.15, 0.2) is 5.82 Å². The fourth-order valence-electron chi connectivity index (χ4n) is 8.16. The number of hydrogen-bond acceptors (Lipinski definition) is 9. The molecule has 4 aliphatic rings. The zero-order valence-electron chi connectivity index (χ0n) is 25.9. The number of anilines is 1. The highest BCUT2D eigenvalue weighted by atomic mass is 19.1. The van der Waals surface area contributed by atoms with E-state index in [0.717, 1.165) is 32.2 Å². The lowest BCUT2D eigenvalue weighted by Gasteiger charge is -2.38. The number of alkyl halides is 1. The van der Waals surface area contributed by atoms with Crippen molar-refractivity contribution in [3.8, 4) is 41.2 Å². The fourth-order valence-corrected chi connectivity index (χ4v) is 8.16. The first-order valence-corrected chi connectivity index (χ1v) is 16.1. The maximum Gasteiger partial charge on any atom is 0.319 e. The van der Waals surface area contributed by atoms with E-state index in [0.29, 0.717) is 37.1 Å². The van der Waals surface area contributed by atoms with Crippen LogP contribution in [0.1, 0.15) is 51.0 Å². The molecule has 0 spiro atoms. The number of aromatic hydroxyl groups is 1. The molecule has 0 unspecified atom stereocenters. The van der Waals surface area contributed by atoms with E-state index in [1.54, 1.807) is 6.92 Å². The zero-order valence-corrected chi connectivity index (χ0v) is 25.9. The van der Waals surface area contributed by atoms with Crippen LogP contribution >= 0.6 is 0 Å². The lowest BCUT2D eigenvalue weighted by atomic mass is 9.92. The Morgan fingerprint density at radius 3 is 2.79 bits per heavy atom. The fraction of sp³-hybridized carbons (Fsp3) is 0.457. The molecule has 2 aromatic heterocycles. The van der Waals surface area contributed by atoms with E-state index in [9.17, 15) is 19.0 Å². The van der Waals surface area contributed by atoms with Crippen LogP contribution in [0.5, 0.6) is 17.6 Å². The van der Waals surface area contributed by atoms with Gasteiger partial charge in [0, 0.05) is 30.5 Å². The largest absolute Gasteiger partial charge is 0.508 e. The van der Waals surface area contributed by atoms with E-state index in [4.69, 9.17) is 20.9 Å². The summed E-state index contributed by atoms with van der Waals surface area (Å²) in [6.07, 6.45) is 8.83. The molecule has 0 radical (unpaired) electrons. The molecule has 2 N–H and O–H groups in total. The highest BCUT2D eigenvalue weighted by Gasteiger charge is 2.50. The van der Waals surface area contributed by atoms with Crippen molar-refractivity contribution in [2.24, 2.45) is 0 Å². The summed E-state index contributed by atoms with van der Waals surface area (Å²) in [6, 6.07) is 4.68. The average molecular weight is 646 g/mol. The van der Waals surface area contributed by atoms with Gasteiger partial charge in [-0.15, -0.1) is 6.42 Å². The van der Waals surface area contributed by atoms with Crippen molar-refractivity contribution in [2.75, 3.05) is 37.7 Å². The summed E-state index contributed by atoms with van der Waals surface area (Å²) in [5.74, 6) is 0.944. The predicted octanol–water partition coefficient (Wildman–Crippen LogP) is 5.27. The van der Waals surface area contributed by atoms with Crippen LogP contribution < -0.4 is 14.4 Å². The molecule has 0 saturated carbocycles. The second-order valence-electron chi connectivity index (χ2n) is 13.5. The van der Waals surface area contributed by atoms with E-state index in [1.165, 1.54) is 24.3 Å². The molecule has 9 nitrogen and oxygen atoms in total. The number of benzene rings is 2. The van der Waals surface area contributed by atoms with Crippen molar-refractivity contribution in [1.29, 1.82) is 0 Å². The lowest BCUT2D eigenvalue weighted by molar-refractivity contribution is 0.0110. The number of aromatic nitrogens is 3. The van der Waals surface area contributed by atoms with Crippen LogP contribution in [-0.2, 0) is 0 Å². The molecule has 3 fully saturated rings. The van der Waals surface area contributed by atoms with Gasteiger partial charge in [0.2, 0.25) is 5.88 Å². The first kappa shape index (κ1) is 30.0. The van der Waals surface area contributed by atoms with Gasteiger partial charge in [-0.3, -0.25) is 4.90 Å². The maximum absolute atomic E-state index is 17.0. The molecular formula is C35H34F3N5O4. The lowest BCUT2D eigenvalue weighted by Crippen LogP contribution is -2.53. The van der Waals surface area contributed by atoms with E-state index < -0.39 is 35.0 Å². The third-order valence-corrected chi connectivity index (χ3v) is 10.5. The highest BCUT2D eigenvalue weighted by molar-refractivity contribution is 6.04. The molecule has 6 heterocycles. The number of pyridine rings is 1. The number of terminal acetylenes is 1. The van der Waals surface area contributed by atoms with E-state index in [1.807, 2.05) is 4.90 Å². The first-order valence-electron chi connectivity index (χ1n) is 16.1. The van der Waals surface area contributed by atoms with Crippen LogP contribution in [0, 0.1) is 24.0 Å². The molecule has 8 rings (SSSR count). The molecular weight excluding hydrogens is 611 g/mol. The summed E-state index contributed by atoms with van der Waals surface area (Å²) in [6.45, 7) is 3.54. The minimum absolute atomic E-state index is 0.0215. The number of ether oxygens (including phenoxy) is 2. The number of aliphatic hydroxyl groups is 1. The predicted molar refractivity (Wildman–Crippen MR) is 169 cm³/mol. The third-order valence-electron chi connectivity index (χ3n) is 10.5. The van der Waals surface area contributed by atoms with Gasteiger partial charge in [0.1, 0.15) is 53.4 Å². The number of nitrogens with zero attached hydrogens (tertiary/aromatic N) is 5. The van der Waals surface area contributed by atoms with Crippen molar-refractivity contribution in [1.82, 2.24) is 19.9 Å². The number of phenolic OH excluding ortho intramolecular Hbond substituents is 1. The molecule has 0 aliphatic carbocycles. The van der Waals surface area contributed by atoms with E-state index in [-0.39, 0.29) is 64.0 Å². The minimum Gasteiger partial charge on any atom is -0.508 e. The Morgan fingerprint density at radius 1 is 1.11 bits per heavy atom. The average Bonchev–Trinajstić information content (AvgIpc) is 3.45. The van der Waals surface area contributed by atoms with Gasteiger partial charge in [-0.2, -0.15) is 9.97 Å². The number of rotatable bonds is 4. The molecule has 0 amide bonds. The zero-order chi connectivity index (χ0) is 32.7. The number of phenols is 1. The van der Waals surface area contributed by atoms with Crippen LogP contribution in [0.4, 0.5) is 19.0 Å². The van der Waals surface area contributed by atoms with Gasteiger partial charge < -0.3 is 24.6 Å². The van der Waals surface area contributed by atoms with Crippen molar-refractivity contribution < 1.29 is 32.9 Å². The first-order chi connectivity index (χ1) is 22.6. The summed E-state index contributed by atoms with van der Waals surface area (Å²) >= 11 is 0. The number of halogens is 3. The topological polar surface area (TPSA) is 104 Å². The second-order valence-corrected chi connectivity index (χ2v) is 13.5. The van der Waals surface area contributed by atoms with E-state index in [2.05, 4.69) is 20.8 Å². The van der Waals surface area contributed by atoms with Crippen molar-refractivity contribution in [2.45, 2.75) is 68.8 Å². The van der Waals surface area contributed by atoms with Gasteiger partial charge in [0.25, 0.3) is 0 Å². The smallest absolute Gasteiger partial charge is 0.319 e. The minimum atomic E-state index is -1.16. The van der Waals surface area contributed by atoms with Crippen molar-refractivity contribution >= 4 is 27.5 Å². The van der Waals surface area contributed by atoms with Crippen molar-refractivity contribution in [3.63, 3.8) is 0 Å². The molecule has 244 valence electrons. The monoisotopic (exact) mass is 645 g/mol. The Kier molecular flexibility index (Phi) is 6.93. The van der Waals surface area contributed by atoms with Gasteiger partial charge in [-0.25, -0.2) is 18.2 Å². The molecule has 3 saturated heterocycles. The Balaban J connectivity index is 1.35. The Labute approximate surface area is 269 Å². The highest BCUT2D eigenvalue weighted by Crippen LogP contribution is 2.46. The molecule has 4 atom stereocenters. The normalized spacial score (nSPS) is 27.2. The SMILES string of the molecule is C#Cc1c(F)ccc2cc(O)cc(-c3nc4c5c(nc(OC[C@@]67CCCN6C[C@H](F)C7)nc5c3F)N3CCCC[C@@](C)(O)[C@H]3CO4)c12. The van der Waals surface area contributed by atoms with Crippen LogP contribution in [-0.4, -0.2) is 86.3 Å². The molecule has 2 aromatic carbocycles. The maximum atomic E-state index is 17.0. The summed E-state index contributed by atoms with van der Waals surface area (Å²) in [4.78, 5) is 18.0. The van der Waals surface area contributed by atoms with Crippen LogP contribution in [0.2, 0.25) is 0 Å². The molecule has 4 aromatic rings. The van der Waals surface area contributed by atoms with Crippen LogP contribution in [0.3, 0.4) is 0 Å². The van der Waals surface area contributed by atoms with Crippen LogP contribution in [0.25, 0.3) is 32.9 Å². The Morgan fingerprint density at radius 2 is 1.96 bits per heavy atom. The van der Waals surface area contributed by atoms with Crippen LogP contribution in [0.15, 0.2) is 24.3 Å². The number of fused-ring (bicyclic) bond motifs is 4. The molecule has 12 heteroatoms. The van der Waals surface area contributed by atoms with Gasteiger partial charge in [0.05, 0.1) is 22.7 Å². The summed E-state index contributed by atoms with van der Waals surface area (Å²) < 4.78 is 59.0. The Hall–Kier alpha value is -4.34. The quantitative estimate of drug-likeness (QED) is 0.288. The molecule has 47 heavy (non-hydrogen) atoms. The third kappa shape index (κ3) is 4.73. The van der Waals surface area contributed by atoms with E-state index >= 15 is 4.39 Å². The summed E-state index contributed by atoms with van der Waals surface area (Å²) in [5, 5.41) is 23.0.